The van der Waals surface area contributed by atoms with Crippen molar-refractivity contribution in [2.24, 2.45) is 0 Å². The fourth-order valence-corrected chi connectivity index (χ4v) is 4.12. The summed E-state index contributed by atoms with van der Waals surface area (Å²) in [7, 11) is 1.65. The van der Waals surface area contributed by atoms with Crippen molar-refractivity contribution in [3.63, 3.8) is 0 Å². The van der Waals surface area contributed by atoms with E-state index in [1.54, 1.807) is 19.4 Å². The first-order chi connectivity index (χ1) is 16.2. The molecule has 0 unspecified atom stereocenters. The molecule has 1 N–H and O–H groups in total. The molecule has 0 aliphatic heterocycles. The van der Waals surface area contributed by atoms with Crippen LogP contribution in [0.1, 0.15) is 35.0 Å². The van der Waals surface area contributed by atoms with Gasteiger partial charge in [0, 0.05) is 47.6 Å². The number of methoxy groups -OCH3 is 1. The molecule has 0 bridgehead atoms. The van der Waals surface area contributed by atoms with Gasteiger partial charge in [-0.3, -0.25) is 10.1 Å². The van der Waals surface area contributed by atoms with Gasteiger partial charge >= 0.3 is 0 Å². The van der Waals surface area contributed by atoms with Crippen molar-refractivity contribution < 1.29 is 9.47 Å². The highest BCUT2D eigenvalue weighted by Crippen LogP contribution is 2.44. The van der Waals surface area contributed by atoms with Crippen molar-refractivity contribution in [3.05, 3.63) is 76.9 Å². The predicted molar refractivity (Wildman–Crippen MR) is 124 cm³/mol. The molecule has 0 radical (unpaired) electrons. The fourth-order valence-electron chi connectivity index (χ4n) is 4.12. The Morgan fingerprint density at radius 2 is 2.00 bits per heavy atom. The van der Waals surface area contributed by atoms with E-state index in [9.17, 15) is 0 Å². The molecule has 0 amide bonds. The third-order valence-corrected chi connectivity index (χ3v) is 5.95. The monoisotopic (exact) mass is 437 g/mol. The van der Waals surface area contributed by atoms with Crippen LogP contribution in [-0.2, 0) is 19.3 Å². The molecule has 3 aromatic heterocycles. The first-order valence-corrected chi connectivity index (χ1v) is 10.9. The number of hydrogen-bond acceptors (Lipinski definition) is 6. The van der Waals surface area contributed by atoms with Crippen molar-refractivity contribution in [2.45, 2.75) is 26.2 Å². The number of hydrogen-bond donors (Lipinski definition) is 1. The van der Waals surface area contributed by atoms with Gasteiger partial charge in [-0.2, -0.15) is 10.4 Å². The van der Waals surface area contributed by atoms with E-state index in [0.717, 1.165) is 64.3 Å². The van der Waals surface area contributed by atoms with Gasteiger partial charge in [0.2, 0.25) is 0 Å². The Kier molecular flexibility index (Phi) is 5.49. The summed E-state index contributed by atoms with van der Waals surface area (Å²) < 4.78 is 11.7. The highest BCUT2D eigenvalue weighted by molar-refractivity contribution is 5.82. The number of fused-ring (bicyclic) bond motifs is 3. The van der Waals surface area contributed by atoms with Crippen LogP contribution in [0.4, 0.5) is 0 Å². The normalized spacial score (nSPS) is 11.5. The maximum absolute atomic E-state index is 8.99. The number of nitrogens with zero attached hydrogens (tertiary/aromatic N) is 4. The van der Waals surface area contributed by atoms with E-state index in [1.807, 2.05) is 24.4 Å². The molecule has 0 fully saturated rings. The van der Waals surface area contributed by atoms with Gasteiger partial charge < -0.3 is 9.47 Å². The Labute approximate surface area is 192 Å². The molecule has 1 aromatic carbocycles. The first kappa shape index (κ1) is 20.7. The van der Waals surface area contributed by atoms with Crippen LogP contribution in [-0.4, -0.2) is 33.9 Å². The SMILES string of the molecule is CCc1ccc(CCOc2cc3c(cc2OC)-c2[nH]nc(-c4ccc(C#N)nc4)c2C3)nc1. The summed E-state index contributed by atoms with van der Waals surface area (Å²) in [6, 6.07) is 13.9. The first-order valence-electron chi connectivity index (χ1n) is 10.9. The maximum Gasteiger partial charge on any atom is 0.161 e. The van der Waals surface area contributed by atoms with Crippen LogP contribution in [0.3, 0.4) is 0 Å². The number of rotatable bonds is 7. The van der Waals surface area contributed by atoms with Gasteiger partial charge in [-0.25, -0.2) is 4.98 Å². The lowest BCUT2D eigenvalue weighted by atomic mass is 10.1. The molecule has 0 spiro atoms. The third-order valence-electron chi connectivity index (χ3n) is 5.95. The van der Waals surface area contributed by atoms with Gasteiger partial charge in [0.05, 0.1) is 25.1 Å². The van der Waals surface area contributed by atoms with Gasteiger partial charge in [-0.15, -0.1) is 0 Å². The van der Waals surface area contributed by atoms with Crippen molar-refractivity contribution in [1.82, 2.24) is 20.2 Å². The molecular weight excluding hydrogens is 414 g/mol. The predicted octanol–water partition coefficient (Wildman–Crippen LogP) is 4.50. The molecule has 164 valence electrons. The Morgan fingerprint density at radius 3 is 2.70 bits per heavy atom. The van der Waals surface area contributed by atoms with E-state index in [4.69, 9.17) is 14.7 Å². The van der Waals surface area contributed by atoms with Crippen LogP contribution in [0.2, 0.25) is 0 Å². The van der Waals surface area contributed by atoms with E-state index in [-0.39, 0.29) is 0 Å². The molecule has 1 aliphatic carbocycles. The quantitative estimate of drug-likeness (QED) is 0.403. The smallest absolute Gasteiger partial charge is 0.161 e. The molecule has 5 rings (SSSR count). The molecular formula is C26H23N5O2. The lowest BCUT2D eigenvalue weighted by molar-refractivity contribution is 0.296. The number of aryl methyl sites for hydroxylation is 1. The number of benzene rings is 1. The number of nitrogens with one attached hydrogen (secondary N) is 1. The molecule has 7 heteroatoms. The minimum absolute atomic E-state index is 0.386. The number of ether oxygens (including phenoxy) is 2. The van der Waals surface area contributed by atoms with Crippen molar-refractivity contribution in [3.8, 4) is 40.1 Å². The summed E-state index contributed by atoms with van der Waals surface area (Å²) in [5.41, 5.74) is 8.66. The minimum Gasteiger partial charge on any atom is -0.493 e. The number of pyridine rings is 2. The second-order valence-corrected chi connectivity index (χ2v) is 7.92. The zero-order valence-corrected chi connectivity index (χ0v) is 18.6. The second kappa shape index (κ2) is 8.75. The molecule has 1 aliphatic rings. The Bertz CT molecular complexity index is 1340. The number of nitriles is 1. The molecule has 0 atom stereocenters. The maximum atomic E-state index is 8.99. The largest absolute Gasteiger partial charge is 0.493 e. The lowest BCUT2D eigenvalue weighted by Gasteiger charge is -2.13. The number of aromatic amines is 1. The minimum atomic E-state index is 0.386. The van der Waals surface area contributed by atoms with Crippen LogP contribution < -0.4 is 9.47 Å². The van der Waals surface area contributed by atoms with Crippen LogP contribution in [0, 0.1) is 11.3 Å². The average Bonchev–Trinajstić information content (AvgIpc) is 3.43. The number of H-pyrrole nitrogens is 1. The summed E-state index contributed by atoms with van der Waals surface area (Å²) in [4.78, 5) is 8.68. The summed E-state index contributed by atoms with van der Waals surface area (Å²) in [6.07, 6.45) is 6.05. The van der Waals surface area contributed by atoms with Crippen LogP contribution in [0.15, 0.2) is 48.8 Å². The summed E-state index contributed by atoms with van der Waals surface area (Å²) >= 11 is 0. The van der Waals surface area contributed by atoms with Gasteiger partial charge in [0.1, 0.15) is 11.8 Å². The molecule has 0 saturated carbocycles. The van der Waals surface area contributed by atoms with E-state index in [0.29, 0.717) is 18.1 Å². The van der Waals surface area contributed by atoms with Crippen molar-refractivity contribution in [1.29, 1.82) is 5.26 Å². The molecule has 7 nitrogen and oxygen atoms in total. The van der Waals surface area contributed by atoms with E-state index >= 15 is 0 Å². The summed E-state index contributed by atoms with van der Waals surface area (Å²) in [5, 5.41) is 16.7. The van der Waals surface area contributed by atoms with Crippen LogP contribution in [0.5, 0.6) is 11.5 Å². The standard InChI is InChI=1S/C26H23N5O2/c1-3-16-4-6-19(28-14-16)8-9-33-24-11-18-10-22-25(17-5-7-20(13-27)29-15-17)30-31-26(22)21(18)12-23(24)32-2/h4-7,11-12,14-15H,3,8-10H2,1-2H3,(H,30,31). The van der Waals surface area contributed by atoms with Gasteiger partial charge in [0.25, 0.3) is 0 Å². The van der Waals surface area contributed by atoms with Crippen molar-refractivity contribution >= 4 is 0 Å². The van der Waals surface area contributed by atoms with Crippen LogP contribution in [0.25, 0.3) is 22.5 Å². The average molecular weight is 438 g/mol. The summed E-state index contributed by atoms with van der Waals surface area (Å²) in [6.45, 7) is 2.64. The van der Waals surface area contributed by atoms with E-state index < -0.39 is 0 Å². The molecule has 4 aromatic rings. The third kappa shape index (κ3) is 3.92. The van der Waals surface area contributed by atoms with Gasteiger partial charge in [-0.05, 0) is 47.9 Å². The summed E-state index contributed by atoms with van der Waals surface area (Å²) in [5.74, 6) is 1.41. The topological polar surface area (TPSA) is 96.7 Å². The molecule has 0 saturated heterocycles. The van der Waals surface area contributed by atoms with Gasteiger partial charge in [0.15, 0.2) is 11.5 Å². The van der Waals surface area contributed by atoms with Crippen molar-refractivity contribution in [2.75, 3.05) is 13.7 Å². The molecule has 3 heterocycles. The second-order valence-electron chi connectivity index (χ2n) is 7.92. The highest BCUT2D eigenvalue weighted by atomic mass is 16.5. The van der Waals surface area contributed by atoms with E-state index in [2.05, 4.69) is 45.3 Å². The Balaban J connectivity index is 1.35. The molecule has 33 heavy (non-hydrogen) atoms. The lowest BCUT2D eigenvalue weighted by Crippen LogP contribution is -2.05. The fraction of sp³-hybridized carbons (Fsp3) is 0.231. The Morgan fingerprint density at radius 1 is 1.09 bits per heavy atom. The number of aromatic nitrogens is 4. The zero-order valence-electron chi connectivity index (χ0n) is 18.6. The highest BCUT2D eigenvalue weighted by Gasteiger charge is 2.27. The van der Waals surface area contributed by atoms with Gasteiger partial charge in [-0.1, -0.05) is 13.0 Å². The Hall–Kier alpha value is -4.18. The van der Waals surface area contributed by atoms with Crippen LogP contribution >= 0.6 is 0 Å². The zero-order chi connectivity index (χ0) is 22.8. The van der Waals surface area contributed by atoms with E-state index in [1.165, 1.54) is 5.56 Å².